The first-order valence-corrected chi connectivity index (χ1v) is 12.4. The van der Waals surface area contributed by atoms with Crippen LogP contribution in [0.5, 0.6) is 5.75 Å². The van der Waals surface area contributed by atoms with Gasteiger partial charge in [0.25, 0.3) is 0 Å². The third-order valence-electron chi connectivity index (χ3n) is 5.15. The lowest BCUT2D eigenvalue weighted by Gasteiger charge is -2.21. The van der Waals surface area contributed by atoms with Crippen LogP contribution in [0.3, 0.4) is 0 Å². The number of benzene rings is 2. The highest BCUT2D eigenvalue weighted by Crippen LogP contribution is 2.32. The number of hydrogen-bond donors (Lipinski definition) is 1. The summed E-state index contributed by atoms with van der Waals surface area (Å²) in [6, 6.07) is 9.49. The first-order chi connectivity index (χ1) is 15.5. The second-order valence-electron chi connectivity index (χ2n) is 8.20. The third kappa shape index (κ3) is 5.82. The normalized spacial score (nSPS) is 12.8. The third-order valence-corrected chi connectivity index (χ3v) is 6.90. The maximum Gasteiger partial charge on any atom is 0.336 e. The quantitative estimate of drug-likeness (QED) is 0.280. The predicted octanol–water partition coefficient (Wildman–Crippen LogP) is 4.62. The molecule has 0 spiro atoms. The number of nitrogens with one attached hydrogen (secondary N) is 1. The molecule has 0 aliphatic rings. The van der Waals surface area contributed by atoms with Gasteiger partial charge in [0.2, 0.25) is 10.0 Å². The molecule has 1 N–H and O–H groups in total. The van der Waals surface area contributed by atoms with Gasteiger partial charge < -0.3 is 9.15 Å². The van der Waals surface area contributed by atoms with Gasteiger partial charge in [-0.25, -0.2) is 18.0 Å². The molecule has 0 saturated carbocycles. The van der Waals surface area contributed by atoms with Crippen molar-refractivity contribution in [1.82, 2.24) is 4.72 Å². The molecule has 1 unspecified atom stereocenters. The lowest BCUT2D eigenvalue weighted by atomic mass is 10.1. The first kappa shape index (κ1) is 25.0. The molecule has 7 nitrogen and oxygen atoms in total. The van der Waals surface area contributed by atoms with Crippen molar-refractivity contribution in [3.63, 3.8) is 0 Å². The lowest BCUT2D eigenvalue weighted by Crippen LogP contribution is -2.46. The molecule has 0 amide bonds. The number of ether oxygens (including phenoxy) is 1. The number of carbonyl (C=O) groups excluding carboxylic acids is 1. The van der Waals surface area contributed by atoms with E-state index in [0.29, 0.717) is 11.8 Å². The Morgan fingerprint density at radius 2 is 1.82 bits per heavy atom. The largest absolute Gasteiger partial charge is 0.424 e. The van der Waals surface area contributed by atoms with E-state index in [-0.39, 0.29) is 21.3 Å². The Labute approximate surface area is 197 Å². The van der Waals surface area contributed by atoms with Gasteiger partial charge in [-0.2, -0.15) is 4.72 Å². The maximum atomic E-state index is 12.9. The van der Waals surface area contributed by atoms with Crippen LogP contribution >= 0.6 is 11.6 Å². The Morgan fingerprint density at radius 1 is 1.15 bits per heavy atom. The van der Waals surface area contributed by atoms with Crippen molar-refractivity contribution in [1.29, 1.82) is 0 Å². The SMILES string of the molecule is CCCc1cc(=O)oc2cc(OC(=O)C(NS(=O)(=O)c3ccc(C)cc3)C(C)C)c(Cl)cc12. The summed E-state index contributed by atoms with van der Waals surface area (Å²) >= 11 is 6.35. The van der Waals surface area contributed by atoms with Crippen molar-refractivity contribution in [2.45, 2.75) is 51.5 Å². The molecular formula is C24H26ClNO6S. The van der Waals surface area contributed by atoms with E-state index < -0.39 is 33.6 Å². The summed E-state index contributed by atoms with van der Waals surface area (Å²) in [5.41, 5.74) is 1.42. The Morgan fingerprint density at radius 3 is 2.42 bits per heavy atom. The van der Waals surface area contributed by atoms with Crippen molar-refractivity contribution in [2.75, 3.05) is 0 Å². The minimum atomic E-state index is -3.96. The number of fused-ring (bicyclic) bond motifs is 1. The molecule has 1 atom stereocenters. The fourth-order valence-electron chi connectivity index (χ4n) is 3.36. The second-order valence-corrected chi connectivity index (χ2v) is 10.3. The minimum absolute atomic E-state index is 0.0221. The fraction of sp³-hybridized carbons (Fsp3) is 0.333. The zero-order valence-electron chi connectivity index (χ0n) is 18.8. The summed E-state index contributed by atoms with van der Waals surface area (Å²) < 4.78 is 38.7. The molecule has 0 fully saturated rings. The Hall–Kier alpha value is -2.68. The summed E-state index contributed by atoms with van der Waals surface area (Å²) in [7, 11) is -3.96. The van der Waals surface area contributed by atoms with Crippen LogP contribution in [0.1, 0.15) is 38.3 Å². The van der Waals surface area contributed by atoms with Crippen molar-refractivity contribution in [3.8, 4) is 5.75 Å². The predicted molar refractivity (Wildman–Crippen MR) is 127 cm³/mol. The van der Waals surface area contributed by atoms with Crippen molar-refractivity contribution < 1.29 is 22.4 Å². The lowest BCUT2D eigenvalue weighted by molar-refractivity contribution is -0.137. The van der Waals surface area contributed by atoms with Crippen LogP contribution in [0.25, 0.3) is 11.0 Å². The van der Waals surface area contributed by atoms with E-state index in [0.717, 1.165) is 17.5 Å². The molecule has 2 aromatic carbocycles. The van der Waals surface area contributed by atoms with E-state index in [4.69, 9.17) is 20.8 Å². The van der Waals surface area contributed by atoms with Gasteiger partial charge in [-0.15, -0.1) is 0 Å². The van der Waals surface area contributed by atoms with Gasteiger partial charge in [0.05, 0.1) is 9.92 Å². The fourth-order valence-corrected chi connectivity index (χ4v) is 4.90. The van der Waals surface area contributed by atoms with Gasteiger partial charge in [-0.1, -0.05) is 56.5 Å². The molecule has 0 bridgehead atoms. The molecule has 3 rings (SSSR count). The standard InChI is InChI=1S/C24H26ClNO6S/c1-5-6-16-11-22(27)31-20-13-21(19(25)12-18(16)20)32-24(28)23(14(2)3)26-33(29,30)17-9-7-15(4)8-10-17/h7-14,23,26H,5-6H2,1-4H3. The number of esters is 1. The Bertz CT molecular complexity index is 1330. The molecule has 3 aromatic rings. The number of aryl methyl sites for hydroxylation is 2. The molecule has 0 radical (unpaired) electrons. The number of sulfonamides is 1. The van der Waals surface area contributed by atoms with Gasteiger partial charge >= 0.3 is 11.6 Å². The molecule has 33 heavy (non-hydrogen) atoms. The van der Waals surface area contributed by atoms with Gasteiger partial charge in [-0.05, 0) is 43.0 Å². The van der Waals surface area contributed by atoms with Gasteiger partial charge in [-0.3, -0.25) is 0 Å². The number of rotatable bonds is 8. The van der Waals surface area contributed by atoms with E-state index >= 15 is 0 Å². The molecule has 9 heteroatoms. The zero-order chi connectivity index (χ0) is 24.3. The van der Waals surface area contributed by atoms with E-state index in [9.17, 15) is 18.0 Å². The van der Waals surface area contributed by atoms with Crippen molar-refractivity contribution >= 4 is 38.6 Å². The Kier molecular flexibility index (Phi) is 7.62. The average molecular weight is 492 g/mol. The van der Waals surface area contributed by atoms with Crippen LogP contribution in [-0.4, -0.2) is 20.4 Å². The Balaban J connectivity index is 1.90. The first-order valence-electron chi connectivity index (χ1n) is 10.6. The van der Waals surface area contributed by atoms with Crippen LogP contribution in [0.15, 0.2) is 56.6 Å². The van der Waals surface area contributed by atoms with E-state index in [1.807, 2.05) is 13.8 Å². The summed E-state index contributed by atoms with van der Waals surface area (Å²) in [6.45, 7) is 7.23. The van der Waals surface area contributed by atoms with Crippen LogP contribution in [-0.2, 0) is 21.2 Å². The molecule has 1 heterocycles. The molecule has 1 aromatic heterocycles. The van der Waals surface area contributed by atoms with E-state index in [1.165, 1.54) is 24.3 Å². The van der Waals surface area contributed by atoms with Crippen LogP contribution in [0.2, 0.25) is 5.02 Å². The van der Waals surface area contributed by atoms with E-state index in [2.05, 4.69) is 4.72 Å². The van der Waals surface area contributed by atoms with Crippen LogP contribution in [0.4, 0.5) is 0 Å². The molecule has 0 aliphatic carbocycles. The molecular weight excluding hydrogens is 466 g/mol. The summed E-state index contributed by atoms with van der Waals surface area (Å²) in [6.07, 6.45) is 1.48. The zero-order valence-corrected chi connectivity index (χ0v) is 20.4. The van der Waals surface area contributed by atoms with Gasteiger partial charge in [0, 0.05) is 17.5 Å². The summed E-state index contributed by atoms with van der Waals surface area (Å²) in [5, 5.41) is 0.799. The van der Waals surface area contributed by atoms with Crippen molar-refractivity contribution in [2.24, 2.45) is 5.92 Å². The molecule has 0 aliphatic heterocycles. The molecule has 176 valence electrons. The van der Waals surface area contributed by atoms with Crippen LogP contribution in [0, 0.1) is 12.8 Å². The van der Waals surface area contributed by atoms with E-state index in [1.54, 1.807) is 32.0 Å². The molecule has 0 saturated heterocycles. The maximum absolute atomic E-state index is 12.9. The van der Waals surface area contributed by atoms with Crippen molar-refractivity contribution in [3.05, 3.63) is 69.0 Å². The van der Waals surface area contributed by atoms with Gasteiger partial charge in [0.15, 0.2) is 5.75 Å². The number of carbonyl (C=O) groups is 1. The van der Waals surface area contributed by atoms with Gasteiger partial charge in [0.1, 0.15) is 11.6 Å². The number of hydrogen-bond acceptors (Lipinski definition) is 6. The average Bonchev–Trinajstić information content (AvgIpc) is 2.73. The summed E-state index contributed by atoms with van der Waals surface area (Å²) in [5.74, 6) is -1.26. The monoisotopic (exact) mass is 491 g/mol. The highest BCUT2D eigenvalue weighted by Gasteiger charge is 2.30. The summed E-state index contributed by atoms with van der Waals surface area (Å²) in [4.78, 5) is 24.9. The highest BCUT2D eigenvalue weighted by atomic mass is 35.5. The highest BCUT2D eigenvalue weighted by molar-refractivity contribution is 7.89. The van der Waals surface area contributed by atoms with Crippen LogP contribution < -0.4 is 15.1 Å². The minimum Gasteiger partial charge on any atom is -0.424 e. The smallest absolute Gasteiger partial charge is 0.336 e. The number of halogens is 1. The topological polar surface area (TPSA) is 103 Å². The second kappa shape index (κ2) is 10.1.